The first-order valence-electron chi connectivity index (χ1n) is 9.46. The third-order valence-electron chi connectivity index (χ3n) is 4.62. The van der Waals surface area contributed by atoms with E-state index in [-0.39, 0.29) is 0 Å². The van der Waals surface area contributed by atoms with Crippen molar-refractivity contribution in [2.45, 2.75) is 0 Å². The standard InChI is InChI=1S/C24H18N4OS/c25-24-28-22(18-11-10-16-6-4-5-7-17(16)14-18)23(30-24)29-20-12-13-26-21(15-20)27-19-8-2-1-3-9-19/h1-15H,(H2,25,28)(H,26,27). The van der Waals surface area contributed by atoms with E-state index in [1.807, 2.05) is 60.7 Å². The third-order valence-corrected chi connectivity index (χ3v) is 5.39. The predicted molar refractivity (Wildman–Crippen MR) is 124 cm³/mol. The topological polar surface area (TPSA) is 73.1 Å². The fourth-order valence-corrected chi connectivity index (χ4v) is 3.95. The smallest absolute Gasteiger partial charge is 0.210 e. The van der Waals surface area contributed by atoms with Crippen molar-refractivity contribution in [1.82, 2.24) is 9.97 Å². The lowest BCUT2D eigenvalue weighted by atomic mass is 10.1. The lowest BCUT2D eigenvalue weighted by molar-refractivity contribution is 0.496. The summed E-state index contributed by atoms with van der Waals surface area (Å²) in [5, 5.41) is 6.71. The van der Waals surface area contributed by atoms with E-state index in [4.69, 9.17) is 10.5 Å². The van der Waals surface area contributed by atoms with Crippen molar-refractivity contribution in [3.8, 4) is 22.1 Å². The lowest BCUT2D eigenvalue weighted by Crippen LogP contribution is -1.94. The molecule has 0 bridgehead atoms. The Kier molecular flexibility index (Phi) is 4.75. The Bertz CT molecular complexity index is 1320. The van der Waals surface area contributed by atoms with Crippen LogP contribution in [0.4, 0.5) is 16.6 Å². The van der Waals surface area contributed by atoms with Gasteiger partial charge in [0, 0.05) is 23.5 Å². The number of anilines is 3. The van der Waals surface area contributed by atoms with Crippen LogP contribution in [0.25, 0.3) is 22.0 Å². The Balaban J connectivity index is 1.45. The predicted octanol–water partition coefficient (Wildman–Crippen LogP) is 6.48. The molecule has 0 unspecified atom stereocenters. The van der Waals surface area contributed by atoms with Crippen LogP contribution in [0.5, 0.6) is 10.8 Å². The van der Waals surface area contributed by atoms with Crippen molar-refractivity contribution in [3.05, 3.63) is 91.1 Å². The number of ether oxygens (including phenoxy) is 1. The highest BCUT2D eigenvalue weighted by molar-refractivity contribution is 7.17. The third kappa shape index (κ3) is 3.81. The minimum Gasteiger partial charge on any atom is -0.444 e. The molecule has 5 nitrogen and oxygen atoms in total. The lowest BCUT2D eigenvalue weighted by Gasteiger charge is -2.09. The van der Waals surface area contributed by atoms with Crippen LogP contribution in [0.3, 0.4) is 0 Å². The van der Waals surface area contributed by atoms with Gasteiger partial charge in [-0.1, -0.05) is 65.9 Å². The highest BCUT2D eigenvalue weighted by atomic mass is 32.1. The first-order chi connectivity index (χ1) is 14.7. The van der Waals surface area contributed by atoms with Gasteiger partial charge in [-0.3, -0.25) is 0 Å². The second-order valence-electron chi connectivity index (χ2n) is 6.72. The van der Waals surface area contributed by atoms with E-state index in [9.17, 15) is 0 Å². The number of nitrogens with two attached hydrogens (primary N) is 1. The number of fused-ring (bicyclic) bond motifs is 1. The summed E-state index contributed by atoms with van der Waals surface area (Å²) in [6.45, 7) is 0. The maximum Gasteiger partial charge on any atom is 0.210 e. The molecule has 0 aliphatic rings. The fourth-order valence-electron chi connectivity index (χ4n) is 3.23. The number of benzene rings is 3. The number of hydrogen-bond donors (Lipinski definition) is 2. The molecule has 3 N–H and O–H groups in total. The van der Waals surface area contributed by atoms with Crippen LogP contribution in [0, 0.1) is 0 Å². The van der Waals surface area contributed by atoms with Gasteiger partial charge < -0.3 is 15.8 Å². The SMILES string of the molecule is Nc1nc(-c2ccc3ccccc3c2)c(Oc2ccnc(Nc3ccccc3)c2)s1. The molecule has 0 saturated carbocycles. The summed E-state index contributed by atoms with van der Waals surface area (Å²) in [5.74, 6) is 1.36. The Morgan fingerprint density at radius 1 is 0.833 bits per heavy atom. The number of thiazole rings is 1. The van der Waals surface area contributed by atoms with E-state index >= 15 is 0 Å². The van der Waals surface area contributed by atoms with Crippen molar-refractivity contribution in [2.24, 2.45) is 0 Å². The molecule has 30 heavy (non-hydrogen) atoms. The largest absolute Gasteiger partial charge is 0.444 e. The molecular weight excluding hydrogens is 392 g/mol. The zero-order chi connectivity index (χ0) is 20.3. The van der Waals surface area contributed by atoms with Crippen LogP contribution in [0.1, 0.15) is 0 Å². The highest BCUT2D eigenvalue weighted by Crippen LogP contribution is 2.40. The molecule has 3 aromatic carbocycles. The second-order valence-corrected chi connectivity index (χ2v) is 7.71. The van der Waals surface area contributed by atoms with Gasteiger partial charge in [-0.25, -0.2) is 9.97 Å². The van der Waals surface area contributed by atoms with Crippen molar-refractivity contribution < 1.29 is 4.74 Å². The van der Waals surface area contributed by atoms with E-state index in [0.29, 0.717) is 21.8 Å². The number of nitrogens with one attached hydrogen (secondary N) is 1. The van der Waals surface area contributed by atoms with Gasteiger partial charge in [0.05, 0.1) is 0 Å². The minimum absolute atomic E-state index is 0.463. The Hall–Kier alpha value is -3.90. The molecule has 0 aliphatic carbocycles. The van der Waals surface area contributed by atoms with E-state index in [2.05, 4.69) is 39.6 Å². The van der Waals surface area contributed by atoms with E-state index in [0.717, 1.165) is 22.3 Å². The monoisotopic (exact) mass is 410 g/mol. The van der Waals surface area contributed by atoms with Gasteiger partial charge in [-0.2, -0.15) is 0 Å². The summed E-state index contributed by atoms with van der Waals surface area (Å²) >= 11 is 1.32. The molecule has 5 aromatic rings. The van der Waals surface area contributed by atoms with E-state index in [1.165, 1.54) is 16.7 Å². The van der Waals surface area contributed by atoms with Crippen molar-refractivity contribution in [2.75, 3.05) is 11.1 Å². The molecule has 0 spiro atoms. The zero-order valence-electron chi connectivity index (χ0n) is 15.9. The van der Waals surface area contributed by atoms with E-state index < -0.39 is 0 Å². The number of rotatable bonds is 5. The Morgan fingerprint density at radius 3 is 2.50 bits per heavy atom. The molecule has 0 radical (unpaired) electrons. The molecule has 2 aromatic heterocycles. The van der Waals surface area contributed by atoms with Gasteiger partial charge in [-0.15, -0.1) is 0 Å². The first-order valence-corrected chi connectivity index (χ1v) is 10.3. The molecule has 0 atom stereocenters. The quantitative estimate of drug-likeness (QED) is 0.347. The molecule has 0 aliphatic heterocycles. The normalized spacial score (nSPS) is 10.8. The molecule has 0 saturated heterocycles. The van der Waals surface area contributed by atoms with E-state index in [1.54, 1.807) is 6.20 Å². The zero-order valence-corrected chi connectivity index (χ0v) is 16.8. The molecule has 6 heteroatoms. The minimum atomic E-state index is 0.463. The van der Waals surface area contributed by atoms with Gasteiger partial charge in [0.1, 0.15) is 17.3 Å². The highest BCUT2D eigenvalue weighted by Gasteiger charge is 2.15. The number of para-hydroxylation sites is 1. The maximum atomic E-state index is 6.17. The van der Waals surface area contributed by atoms with Gasteiger partial charge >= 0.3 is 0 Å². The summed E-state index contributed by atoms with van der Waals surface area (Å²) in [4.78, 5) is 8.88. The van der Waals surface area contributed by atoms with Gasteiger partial charge in [0.25, 0.3) is 0 Å². The van der Waals surface area contributed by atoms with Crippen LogP contribution in [0.15, 0.2) is 91.1 Å². The average Bonchev–Trinajstić information content (AvgIpc) is 3.14. The second kappa shape index (κ2) is 7.85. The molecule has 0 fully saturated rings. The molecule has 2 heterocycles. The summed E-state index contributed by atoms with van der Waals surface area (Å²) < 4.78 is 6.17. The van der Waals surface area contributed by atoms with Crippen molar-refractivity contribution in [3.63, 3.8) is 0 Å². The summed E-state index contributed by atoms with van der Waals surface area (Å²) in [5.41, 5.74) is 8.68. The maximum absolute atomic E-state index is 6.17. The van der Waals surface area contributed by atoms with Gasteiger partial charge in [0.15, 0.2) is 5.13 Å². The van der Waals surface area contributed by atoms with Gasteiger partial charge in [0.2, 0.25) is 5.06 Å². The number of pyridine rings is 1. The van der Waals surface area contributed by atoms with Crippen LogP contribution in [-0.2, 0) is 0 Å². The molecule has 146 valence electrons. The van der Waals surface area contributed by atoms with Crippen LogP contribution in [0.2, 0.25) is 0 Å². The molecule has 5 rings (SSSR count). The molecule has 0 amide bonds. The number of nitrogens with zero attached hydrogens (tertiary/aromatic N) is 2. The summed E-state index contributed by atoms with van der Waals surface area (Å²) in [6.07, 6.45) is 1.71. The fraction of sp³-hybridized carbons (Fsp3) is 0. The Morgan fingerprint density at radius 2 is 1.63 bits per heavy atom. The van der Waals surface area contributed by atoms with Crippen molar-refractivity contribution in [1.29, 1.82) is 0 Å². The van der Waals surface area contributed by atoms with Crippen molar-refractivity contribution >= 4 is 38.7 Å². The number of hydrogen-bond acceptors (Lipinski definition) is 6. The summed E-state index contributed by atoms with van der Waals surface area (Å²) in [7, 11) is 0. The van der Waals surface area contributed by atoms with Crippen LogP contribution >= 0.6 is 11.3 Å². The number of nitrogen functional groups attached to an aromatic ring is 1. The van der Waals surface area contributed by atoms with Gasteiger partial charge in [-0.05, 0) is 35.0 Å². The first kappa shape index (κ1) is 18.1. The summed E-state index contributed by atoms with van der Waals surface area (Å²) in [6, 6.07) is 28.0. The number of aromatic nitrogens is 2. The average molecular weight is 411 g/mol. The van der Waals surface area contributed by atoms with Crippen LogP contribution in [-0.4, -0.2) is 9.97 Å². The molecular formula is C24H18N4OS. The van der Waals surface area contributed by atoms with Crippen LogP contribution < -0.4 is 15.8 Å². The Labute approximate surface area is 177 Å².